The van der Waals surface area contributed by atoms with Gasteiger partial charge in [0.05, 0.1) is 5.92 Å². The second kappa shape index (κ2) is 7.42. The summed E-state index contributed by atoms with van der Waals surface area (Å²) in [7, 11) is 0. The summed E-state index contributed by atoms with van der Waals surface area (Å²) < 4.78 is 0. The quantitative estimate of drug-likeness (QED) is 0.791. The third kappa shape index (κ3) is 4.42. The van der Waals surface area contributed by atoms with E-state index in [-0.39, 0.29) is 23.5 Å². The lowest BCUT2D eigenvalue weighted by atomic mass is 9.87. The Bertz CT molecular complexity index is 690. The topological polar surface area (TPSA) is 46.2 Å². The zero-order valence-corrected chi connectivity index (χ0v) is 14.2. The molecule has 120 valence electrons. The Morgan fingerprint density at radius 1 is 0.957 bits per heavy atom. The number of hydrogen-bond acceptors (Lipinski definition) is 2. The van der Waals surface area contributed by atoms with Crippen molar-refractivity contribution in [2.75, 3.05) is 5.32 Å². The van der Waals surface area contributed by atoms with Crippen LogP contribution in [0.4, 0.5) is 5.69 Å². The van der Waals surface area contributed by atoms with Crippen LogP contribution in [0.25, 0.3) is 0 Å². The van der Waals surface area contributed by atoms with E-state index in [1.165, 1.54) is 6.92 Å². The highest BCUT2D eigenvalue weighted by atomic mass is 35.5. The maximum Gasteiger partial charge on any atom is 0.232 e. The molecule has 2 rings (SSSR count). The van der Waals surface area contributed by atoms with Gasteiger partial charge in [0.2, 0.25) is 5.91 Å². The molecule has 1 amide bonds. The van der Waals surface area contributed by atoms with Gasteiger partial charge in [0, 0.05) is 16.3 Å². The first-order valence-electron chi connectivity index (χ1n) is 7.56. The van der Waals surface area contributed by atoms with E-state index in [9.17, 15) is 9.59 Å². The lowest BCUT2D eigenvalue weighted by molar-refractivity contribution is -0.118. The molecule has 0 radical (unpaired) electrons. The zero-order chi connectivity index (χ0) is 17.0. The molecule has 0 saturated heterocycles. The number of rotatable bonds is 5. The first kappa shape index (κ1) is 17.2. The van der Waals surface area contributed by atoms with Crippen LogP contribution in [0.5, 0.6) is 0 Å². The summed E-state index contributed by atoms with van der Waals surface area (Å²) in [5, 5.41) is 3.57. The van der Waals surface area contributed by atoms with Crippen molar-refractivity contribution in [1.82, 2.24) is 0 Å². The molecule has 2 aromatic rings. The van der Waals surface area contributed by atoms with Crippen molar-refractivity contribution in [2.24, 2.45) is 5.92 Å². The smallest absolute Gasteiger partial charge is 0.232 e. The van der Waals surface area contributed by atoms with E-state index < -0.39 is 0 Å². The molecular formula is C19H20ClNO2. The second-order valence-corrected chi connectivity index (χ2v) is 6.33. The lowest BCUT2D eigenvalue weighted by Gasteiger charge is -2.21. The Balaban J connectivity index is 2.18. The van der Waals surface area contributed by atoms with Crippen LogP contribution in [0, 0.1) is 5.92 Å². The van der Waals surface area contributed by atoms with E-state index in [0.29, 0.717) is 16.3 Å². The van der Waals surface area contributed by atoms with Gasteiger partial charge in [0.1, 0.15) is 0 Å². The maximum atomic E-state index is 12.6. The minimum atomic E-state index is -0.264. The highest BCUT2D eigenvalue weighted by Gasteiger charge is 2.24. The molecule has 3 nitrogen and oxygen atoms in total. The molecule has 0 aliphatic rings. The molecule has 0 aromatic heterocycles. The Labute approximate surface area is 141 Å². The number of benzene rings is 2. The first-order chi connectivity index (χ1) is 10.9. The molecule has 0 saturated carbocycles. The fraction of sp³-hybridized carbons (Fsp3) is 0.263. The van der Waals surface area contributed by atoms with Gasteiger partial charge in [0.25, 0.3) is 0 Å². The van der Waals surface area contributed by atoms with Crippen molar-refractivity contribution in [2.45, 2.75) is 26.7 Å². The Kier molecular flexibility index (Phi) is 5.56. The zero-order valence-electron chi connectivity index (χ0n) is 13.5. The van der Waals surface area contributed by atoms with Crippen molar-refractivity contribution in [1.29, 1.82) is 0 Å². The van der Waals surface area contributed by atoms with Gasteiger partial charge in [0.15, 0.2) is 5.78 Å². The molecule has 0 aliphatic heterocycles. The van der Waals surface area contributed by atoms with Crippen LogP contribution >= 0.6 is 11.6 Å². The first-order valence-corrected chi connectivity index (χ1v) is 7.93. The Morgan fingerprint density at radius 3 is 2.00 bits per heavy atom. The fourth-order valence-electron chi connectivity index (χ4n) is 2.52. The number of amides is 1. The predicted molar refractivity (Wildman–Crippen MR) is 94.1 cm³/mol. The number of carbonyl (C=O) groups excluding carboxylic acids is 2. The van der Waals surface area contributed by atoms with Crippen LogP contribution in [0.3, 0.4) is 0 Å². The molecular weight excluding hydrogens is 310 g/mol. The molecule has 2 aromatic carbocycles. The summed E-state index contributed by atoms with van der Waals surface area (Å²) in [6.07, 6.45) is 0. The van der Waals surface area contributed by atoms with Crippen molar-refractivity contribution < 1.29 is 9.59 Å². The predicted octanol–water partition coefficient (Wildman–Crippen LogP) is 4.92. The summed E-state index contributed by atoms with van der Waals surface area (Å²) in [6.45, 7) is 5.54. The van der Waals surface area contributed by atoms with E-state index in [2.05, 4.69) is 5.32 Å². The summed E-state index contributed by atoms with van der Waals surface area (Å²) in [6, 6.07) is 14.3. The van der Waals surface area contributed by atoms with Crippen LogP contribution in [-0.2, 0) is 4.79 Å². The molecule has 0 heterocycles. The van der Waals surface area contributed by atoms with Crippen molar-refractivity contribution in [3.8, 4) is 0 Å². The van der Waals surface area contributed by atoms with Gasteiger partial charge in [-0.2, -0.15) is 0 Å². The highest BCUT2D eigenvalue weighted by Crippen LogP contribution is 2.27. The van der Waals surface area contributed by atoms with Gasteiger partial charge >= 0.3 is 0 Å². The summed E-state index contributed by atoms with van der Waals surface area (Å²) in [5.41, 5.74) is 2.24. The van der Waals surface area contributed by atoms with Crippen molar-refractivity contribution in [3.63, 3.8) is 0 Å². The van der Waals surface area contributed by atoms with Gasteiger partial charge in [-0.25, -0.2) is 0 Å². The van der Waals surface area contributed by atoms with Crippen molar-refractivity contribution >= 4 is 29.0 Å². The number of Topliss-reactive ketones (excluding diaryl/α,β-unsaturated/α-hetero) is 1. The molecule has 0 fully saturated rings. The molecule has 1 N–H and O–H groups in total. The van der Waals surface area contributed by atoms with Gasteiger partial charge < -0.3 is 5.32 Å². The van der Waals surface area contributed by atoms with Gasteiger partial charge in [-0.3, -0.25) is 9.59 Å². The number of anilines is 1. The summed E-state index contributed by atoms with van der Waals surface area (Å²) >= 11 is 5.92. The van der Waals surface area contributed by atoms with E-state index in [4.69, 9.17) is 11.6 Å². The summed E-state index contributed by atoms with van der Waals surface area (Å²) in [5.74, 6) is -0.186. The van der Waals surface area contributed by atoms with Crippen LogP contribution < -0.4 is 5.32 Å². The largest absolute Gasteiger partial charge is 0.326 e. The Hall–Kier alpha value is -2.13. The molecule has 0 aliphatic carbocycles. The molecule has 0 spiro atoms. The SMILES string of the molecule is CC(=O)c1ccc(NC(=O)[C@@H](c2ccc(Cl)cc2)C(C)C)cc1. The van der Waals surface area contributed by atoms with Crippen molar-refractivity contribution in [3.05, 3.63) is 64.7 Å². The monoisotopic (exact) mass is 329 g/mol. The minimum absolute atomic E-state index is 0.00379. The molecule has 23 heavy (non-hydrogen) atoms. The van der Waals surface area contributed by atoms with Gasteiger partial charge in [-0.15, -0.1) is 0 Å². The standard InChI is InChI=1S/C19H20ClNO2/c1-12(2)18(15-4-8-16(20)9-5-15)19(23)21-17-10-6-14(7-11-17)13(3)22/h4-12,18H,1-3H3,(H,21,23)/t18-/m1/s1. The molecule has 0 bridgehead atoms. The molecule has 0 unspecified atom stereocenters. The van der Waals surface area contributed by atoms with Gasteiger partial charge in [-0.1, -0.05) is 37.6 Å². The number of nitrogens with one attached hydrogen (secondary N) is 1. The van der Waals surface area contributed by atoms with E-state index in [1.807, 2.05) is 26.0 Å². The van der Waals surface area contributed by atoms with Crippen LogP contribution in [0.2, 0.25) is 5.02 Å². The number of hydrogen-bond donors (Lipinski definition) is 1. The maximum absolute atomic E-state index is 12.6. The average molecular weight is 330 g/mol. The number of ketones is 1. The normalized spacial score (nSPS) is 12.0. The minimum Gasteiger partial charge on any atom is -0.326 e. The number of carbonyl (C=O) groups is 2. The lowest BCUT2D eigenvalue weighted by Crippen LogP contribution is -2.25. The van der Waals surface area contributed by atoms with Crippen LogP contribution in [0.15, 0.2) is 48.5 Å². The van der Waals surface area contributed by atoms with E-state index in [1.54, 1.807) is 36.4 Å². The van der Waals surface area contributed by atoms with Crippen LogP contribution in [0.1, 0.15) is 42.6 Å². The third-order valence-electron chi connectivity index (χ3n) is 3.74. The molecule has 1 atom stereocenters. The van der Waals surface area contributed by atoms with Gasteiger partial charge in [-0.05, 0) is 54.8 Å². The second-order valence-electron chi connectivity index (χ2n) is 5.90. The average Bonchev–Trinajstić information content (AvgIpc) is 2.49. The Morgan fingerprint density at radius 2 is 1.52 bits per heavy atom. The molecule has 4 heteroatoms. The summed E-state index contributed by atoms with van der Waals surface area (Å²) in [4.78, 5) is 23.9. The van der Waals surface area contributed by atoms with Crippen LogP contribution in [-0.4, -0.2) is 11.7 Å². The van der Waals surface area contributed by atoms with E-state index in [0.717, 1.165) is 5.56 Å². The highest BCUT2D eigenvalue weighted by molar-refractivity contribution is 6.30. The fourth-order valence-corrected chi connectivity index (χ4v) is 2.64. The van der Waals surface area contributed by atoms with E-state index >= 15 is 0 Å². The third-order valence-corrected chi connectivity index (χ3v) is 3.99. The number of halogens is 1.